The molecular formula is C18H18N4O. The molecule has 1 aromatic heterocycles. The fraction of sp³-hybridized carbons (Fsp3) is 0.167. The third-order valence-electron chi connectivity index (χ3n) is 3.41. The SMILES string of the molecule is C=CCNC(=O)/C(C#N)=C/c1c(C)nn(-c2ccccc2)c1C. The summed E-state index contributed by atoms with van der Waals surface area (Å²) in [5.74, 6) is -0.418. The number of carbonyl (C=O) groups excluding carboxylic acids is 1. The molecule has 0 aliphatic rings. The maximum Gasteiger partial charge on any atom is 0.262 e. The van der Waals surface area contributed by atoms with Gasteiger partial charge in [0.25, 0.3) is 5.91 Å². The first-order valence-electron chi connectivity index (χ1n) is 7.21. The van der Waals surface area contributed by atoms with Crippen molar-refractivity contribution < 1.29 is 4.79 Å². The van der Waals surface area contributed by atoms with E-state index in [2.05, 4.69) is 17.0 Å². The van der Waals surface area contributed by atoms with E-state index in [1.54, 1.807) is 16.8 Å². The first-order valence-corrected chi connectivity index (χ1v) is 7.21. The van der Waals surface area contributed by atoms with Gasteiger partial charge in [-0.15, -0.1) is 6.58 Å². The Morgan fingerprint density at radius 3 is 2.70 bits per heavy atom. The molecule has 1 aromatic carbocycles. The van der Waals surface area contributed by atoms with Gasteiger partial charge in [-0.1, -0.05) is 24.3 Å². The van der Waals surface area contributed by atoms with Gasteiger partial charge in [-0.05, 0) is 32.1 Å². The van der Waals surface area contributed by atoms with Crippen LogP contribution in [0.2, 0.25) is 0 Å². The number of aromatic nitrogens is 2. The monoisotopic (exact) mass is 306 g/mol. The zero-order valence-corrected chi connectivity index (χ0v) is 13.2. The largest absolute Gasteiger partial charge is 0.348 e. The lowest BCUT2D eigenvalue weighted by molar-refractivity contribution is -0.116. The van der Waals surface area contributed by atoms with Crippen LogP contribution in [0.15, 0.2) is 48.6 Å². The van der Waals surface area contributed by atoms with Crippen LogP contribution >= 0.6 is 0 Å². The molecule has 5 nitrogen and oxygen atoms in total. The second-order valence-electron chi connectivity index (χ2n) is 5.00. The molecule has 0 radical (unpaired) electrons. The van der Waals surface area contributed by atoms with Gasteiger partial charge < -0.3 is 5.32 Å². The third kappa shape index (κ3) is 3.55. The summed E-state index contributed by atoms with van der Waals surface area (Å²) in [4.78, 5) is 12.0. The van der Waals surface area contributed by atoms with Gasteiger partial charge in [0.05, 0.1) is 11.4 Å². The van der Waals surface area contributed by atoms with Crippen LogP contribution in [-0.2, 0) is 4.79 Å². The van der Waals surface area contributed by atoms with E-state index in [1.165, 1.54) is 0 Å². The quantitative estimate of drug-likeness (QED) is 0.524. The fourth-order valence-corrected chi connectivity index (χ4v) is 2.24. The molecule has 1 N–H and O–H groups in total. The number of rotatable bonds is 5. The number of hydrogen-bond acceptors (Lipinski definition) is 3. The Morgan fingerprint density at radius 1 is 1.39 bits per heavy atom. The number of amides is 1. The second kappa shape index (κ2) is 7.23. The zero-order valence-electron chi connectivity index (χ0n) is 13.2. The number of nitrogens with zero attached hydrogens (tertiary/aromatic N) is 3. The number of hydrogen-bond donors (Lipinski definition) is 1. The van der Waals surface area contributed by atoms with E-state index in [-0.39, 0.29) is 5.57 Å². The predicted octanol–water partition coefficient (Wildman–Crippen LogP) is 2.70. The summed E-state index contributed by atoms with van der Waals surface area (Å²) in [6.07, 6.45) is 3.15. The van der Waals surface area contributed by atoms with Crippen molar-refractivity contribution in [2.45, 2.75) is 13.8 Å². The fourth-order valence-electron chi connectivity index (χ4n) is 2.24. The number of carbonyl (C=O) groups is 1. The average molecular weight is 306 g/mol. The number of benzene rings is 1. The van der Waals surface area contributed by atoms with Crippen LogP contribution in [0, 0.1) is 25.2 Å². The number of nitriles is 1. The highest BCUT2D eigenvalue weighted by atomic mass is 16.1. The molecule has 5 heteroatoms. The molecule has 23 heavy (non-hydrogen) atoms. The third-order valence-corrected chi connectivity index (χ3v) is 3.41. The maximum absolute atomic E-state index is 12.0. The highest BCUT2D eigenvalue weighted by molar-refractivity contribution is 6.02. The lowest BCUT2D eigenvalue weighted by atomic mass is 10.1. The van der Waals surface area contributed by atoms with Crippen molar-refractivity contribution >= 4 is 12.0 Å². The minimum atomic E-state index is -0.418. The highest BCUT2D eigenvalue weighted by Crippen LogP contribution is 2.20. The molecule has 0 fully saturated rings. The van der Waals surface area contributed by atoms with Gasteiger partial charge in [0.2, 0.25) is 0 Å². The van der Waals surface area contributed by atoms with Gasteiger partial charge in [0, 0.05) is 17.8 Å². The Hall–Kier alpha value is -3.13. The van der Waals surface area contributed by atoms with Crippen molar-refractivity contribution in [3.8, 4) is 11.8 Å². The summed E-state index contributed by atoms with van der Waals surface area (Å²) >= 11 is 0. The predicted molar refractivity (Wildman–Crippen MR) is 89.8 cm³/mol. The van der Waals surface area contributed by atoms with Crippen LogP contribution in [0.4, 0.5) is 0 Å². The number of aryl methyl sites for hydroxylation is 1. The molecule has 0 aliphatic carbocycles. The molecule has 0 bridgehead atoms. The van der Waals surface area contributed by atoms with Crippen LogP contribution in [0.1, 0.15) is 17.0 Å². The van der Waals surface area contributed by atoms with Crippen LogP contribution in [-0.4, -0.2) is 22.2 Å². The van der Waals surface area contributed by atoms with E-state index < -0.39 is 5.91 Å². The van der Waals surface area contributed by atoms with Crippen molar-refractivity contribution in [2.24, 2.45) is 0 Å². The molecule has 0 spiro atoms. The lowest BCUT2D eigenvalue weighted by Crippen LogP contribution is -2.24. The topological polar surface area (TPSA) is 70.7 Å². The van der Waals surface area contributed by atoms with Crippen molar-refractivity contribution in [3.05, 3.63) is 65.5 Å². The smallest absolute Gasteiger partial charge is 0.262 e. The highest BCUT2D eigenvalue weighted by Gasteiger charge is 2.14. The summed E-state index contributed by atoms with van der Waals surface area (Å²) < 4.78 is 1.80. The van der Waals surface area contributed by atoms with Gasteiger partial charge in [-0.25, -0.2) is 4.68 Å². The summed E-state index contributed by atoms with van der Waals surface area (Å²) in [7, 11) is 0. The molecule has 0 unspecified atom stereocenters. The molecule has 0 saturated heterocycles. The van der Waals surface area contributed by atoms with Crippen LogP contribution in [0.5, 0.6) is 0 Å². The van der Waals surface area contributed by atoms with E-state index in [4.69, 9.17) is 0 Å². The Bertz CT molecular complexity index is 794. The maximum atomic E-state index is 12.0. The first kappa shape index (κ1) is 16.2. The van der Waals surface area contributed by atoms with E-state index in [0.29, 0.717) is 6.54 Å². The zero-order chi connectivity index (χ0) is 16.8. The molecule has 0 atom stereocenters. The molecule has 0 saturated carbocycles. The Morgan fingerprint density at radius 2 is 2.09 bits per heavy atom. The lowest BCUT2D eigenvalue weighted by Gasteiger charge is -2.04. The minimum Gasteiger partial charge on any atom is -0.348 e. The second-order valence-corrected chi connectivity index (χ2v) is 5.00. The van der Waals surface area contributed by atoms with Gasteiger partial charge >= 0.3 is 0 Å². The number of nitrogens with one attached hydrogen (secondary N) is 1. The Labute approximate surface area is 135 Å². The summed E-state index contributed by atoms with van der Waals surface area (Å²) in [6, 6.07) is 11.7. The van der Waals surface area contributed by atoms with Crippen LogP contribution in [0.3, 0.4) is 0 Å². The molecule has 2 rings (SSSR count). The van der Waals surface area contributed by atoms with E-state index in [9.17, 15) is 10.1 Å². The van der Waals surface area contributed by atoms with E-state index in [1.807, 2.05) is 50.2 Å². The first-order chi connectivity index (χ1) is 11.1. The van der Waals surface area contributed by atoms with Gasteiger partial charge in [-0.2, -0.15) is 10.4 Å². The molecule has 1 amide bonds. The number of para-hydroxylation sites is 1. The van der Waals surface area contributed by atoms with Gasteiger partial charge in [0.1, 0.15) is 11.6 Å². The van der Waals surface area contributed by atoms with E-state index in [0.717, 1.165) is 22.6 Å². The minimum absolute atomic E-state index is 0.0469. The van der Waals surface area contributed by atoms with Crippen LogP contribution in [0.25, 0.3) is 11.8 Å². The van der Waals surface area contributed by atoms with Crippen molar-refractivity contribution in [3.63, 3.8) is 0 Å². The normalized spacial score (nSPS) is 10.9. The van der Waals surface area contributed by atoms with Crippen molar-refractivity contribution in [2.75, 3.05) is 6.54 Å². The summed E-state index contributed by atoms with van der Waals surface area (Å²) in [5.41, 5.74) is 3.39. The molecule has 2 aromatic rings. The van der Waals surface area contributed by atoms with E-state index >= 15 is 0 Å². The van der Waals surface area contributed by atoms with Gasteiger partial charge in [-0.3, -0.25) is 4.79 Å². The standard InChI is InChI=1S/C18H18N4O/c1-4-10-20-18(23)15(12-19)11-17-13(2)21-22(14(17)3)16-8-6-5-7-9-16/h4-9,11H,1,10H2,2-3H3,(H,20,23)/b15-11+. The van der Waals surface area contributed by atoms with Crippen molar-refractivity contribution in [1.82, 2.24) is 15.1 Å². The molecular weight excluding hydrogens is 288 g/mol. The van der Waals surface area contributed by atoms with Gasteiger partial charge in [0.15, 0.2) is 0 Å². The van der Waals surface area contributed by atoms with Crippen LogP contribution < -0.4 is 5.32 Å². The van der Waals surface area contributed by atoms with Crippen molar-refractivity contribution in [1.29, 1.82) is 5.26 Å². The average Bonchev–Trinajstić information content (AvgIpc) is 2.85. The Balaban J connectivity index is 2.42. The summed E-state index contributed by atoms with van der Waals surface area (Å²) in [6.45, 7) is 7.62. The molecule has 116 valence electrons. The molecule has 0 aliphatic heterocycles. The molecule has 1 heterocycles. The summed E-state index contributed by atoms with van der Waals surface area (Å²) in [5, 5.41) is 16.3. The Kier molecular flexibility index (Phi) is 5.11.